The molecular weight excluding hydrogens is 360 g/mol. The molecule has 0 aromatic carbocycles. The first-order valence-corrected chi connectivity index (χ1v) is 9.53. The van der Waals surface area contributed by atoms with Crippen molar-refractivity contribution in [3.8, 4) is 0 Å². The summed E-state index contributed by atoms with van der Waals surface area (Å²) in [5.74, 6) is 0.602. The van der Waals surface area contributed by atoms with Crippen molar-refractivity contribution in [2.45, 2.75) is 71.8 Å². The lowest BCUT2D eigenvalue weighted by molar-refractivity contribution is 0.0225. The second-order valence-electron chi connectivity index (χ2n) is 9.15. The van der Waals surface area contributed by atoms with Gasteiger partial charge in [0.2, 0.25) is 0 Å². The largest absolute Gasteiger partial charge is 0.444 e. The molecule has 2 unspecified atom stereocenters. The molecule has 8 nitrogen and oxygen atoms in total. The molecule has 1 aliphatic rings. The van der Waals surface area contributed by atoms with Gasteiger partial charge in [-0.15, -0.1) is 0 Å². The minimum Gasteiger partial charge on any atom is -0.444 e. The molecule has 0 radical (unpaired) electrons. The molecule has 0 saturated carbocycles. The van der Waals surface area contributed by atoms with Gasteiger partial charge in [0, 0.05) is 12.2 Å². The van der Waals surface area contributed by atoms with E-state index in [-0.39, 0.29) is 12.1 Å². The summed E-state index contributed by atoms with van der Waals surface area (Å²) in [7, 11) is 0. The summed E-state index contributed by atoms with van der Waals surface area (Å²) in [5.41, 5.74) is 5.81. The van der Waals surface area contributed by atoms with Crippen molar-refractivity contribution < 1.29 is 19.1 Å². The molecule has 1 aliphatic heterocycles. The Balaban J connectivity index is 1.95. The standard InChI is InChI=1S/C20H32N4O4/c1-19(2,3)27-17(25)23-16-9-7-8-14(22-16)10-13-11-15(21)24(12-13)18(26)28-20(4,5)6/h7-9,13,15H,10-12,21H2,1-6H3,(H,22,23,25). The van der Waals surface area contributed by atoms with Gasteiger partial charge >= 0.3 is 12.2 Å². The van der Waals surface area contributed by atoms with Crippen LogP contribution in [-0.4, -0.2) is 46.0 Å². The lowest BCUT2D eigenvalue weighted by atomic mass is 10.0. The van der Waals surface area contributed by atoms with Crippen LogP contribution in [0.2, 0.25) is 0 Å². The molecule has 1 saturated heterocycles. The van der Waals surface area contributed by atoms with Crippen LogP contribution in [-0.2, 0) is 15.9 Å². The van der Waals surface area contributed by atoms with E-state index in [4.69, 9.17) is 15.2 Å². The van der Waals surface area contributed by atoms with Gasteiger partial charge < -0.3 is 15.2 Å². The Labute approximate surface area is 166 Å². The molecule has 28 heavy (non-hydrogen) atoms. The third-order valence-corrected chi connectivity index (χ3v) is 3.99. The predicted octanol–water partition coefficient (Wildman–Crippen LogP) is 3.51. The van der Waals surface area contributed by atoms with Crippen LogP contribution in [0, 0.1) is 5.92 Å². The van der Waals surface area contributed by atoms with Crippen LogP contribution in [0.15, 0.2) is 18.2 Å². The molecule has 2 heterocycles. The van der Waals surface area contributed by atoms with E-state index in [9.17, 15) is 9.59 Å². The second-order valence-corrected chi connectivity index (χ2v) is 9.15. The summed E-state index contributed by atoms with van der Waals surface area (Å²) >= 11 is 0. The third kappa shape index (κ3) is 6.99. The number of amides is 2. The first-order chi connectivity index (χ1) is 12.8. The van der Waals surface area contributed by atoms with Crippen molar-refractivity contribution in [1.82, 2.24) is 9.88 Å². The van der Waals surface area contributed by atoms with Gasteiger partial charge in [-0.2, -0.15) is 0 Å². The minimum atomic E-state index is -0.577. The fourth-order valence-corrected chi connectivity index (χ4v) is 3.00. The molecule has 2 atom stereocenters. The summed E-state index contributed by atoms with van der Waals surface area (Å²) in [6.45, 7) is 11.4. The Morgan fingerprint density at radius 3 is 2.43 bits per heavy atom. The number of nitrogens with one attached hydrogen (secondary N) is 1. The number of carbonyl (C=O) groups excluding carboxylic acids is 2. The topological polar surface area (TPSA) is 107 Å². The SMILES string of the molecule is CC(C)(C)OC(=O)Nc1cccc(CC2CC(N)N(C(=O)OC(C)(C)C)C2)n1. The molecule has 156 valence electrons. The van der Waals surface area contributed by atoms with Crippen molar-refractivity contribution in [3.05, 3.63) is 23.9 Å². The van der Waals surface area contributed by atoms with Crippen molar-refractivity contribution in [2.75, 3.05) is 11.9 Å². The first kappa shape index (κ1) is 21.9. The summed E-state index contributed by atoms with van der Waals surface area (Å²) in [5, 5.41) is 2.64. The van der Waals surface area contributed by atoms with Crippen LogP contribution < -0.4 is 11.1 Å². The van der Waals surface area contributed by atoms with Gasteiger partial charge in [0.15, 0.2) is 0 Å². The van der Waals surface area contributed by atoms with Crippen LogP contribution in [0.5, 0.6) is 0 Å². The highest BCUT2D eigenvalue weighted by atomic mass is 16.6. The molecule has 1 aromatic heterocycles. The van der Waals surface area contributed by atoms with Crippen LogP contribution in [0.1, 0.15) is 53.7 Å². The zero-order valence-electron chi connectivity index (χ0n) is 17.6. The molecular formula is C20H32N4O4. The van der Waals surface area contributed by atoms with Crippen molar-refractivity contribution >= 4 is 18.0 Å². The van der Waals surface area contributed by atoms with E-state index >= 15 is 0 Å². The molecule has 0 bridgehead atoms. The second kappa shape index (κ2) is 8.34. The Kier molecular flexibility index (Phi) is 6.54. The molecule has 2 rings (SSSR count). The number of hydrogen-bond donors (Lipinski definition) is 2. The normalized spacial score (nSPS) is 20.0. The number of nitrogens with two attached hydrogens (primary N) is 1. The van der Waals surface area contributed by atoms with Gasteiger partial charge in [-0.25, -0.2) is 14.6 Å². The maximum atomic E-state index is 12.3. The summed E-state index contributed by atoms with van der Waals surface area (Å²) in [4.78, 5) is 30.3. The molecule has 0 spiro atoms. The summed E-state index contributed by atoms with van der Waals surface area (Å²) in [6.07, 6.45) is 0.0106. The number of hydrogen-bond acceptors (Lipinski definition) is 6. The number of pyridine rings is 1. The quantitative estimate of drug-likeness (QED) is 0.815. The van der Waals surface area contributed by atoms with E-state index < -0.39 is 23.4 Å². The number of likely N-dealkylation sites (tertiary alicyclic amines) is 1. The highest BCUT2D eigenvalue weighted by Crippen LogP contribution is 2.25. The fraction of sp³-hybridized carbons (Fsp3) is 0.650. The molecule has 3 N–H and O–H groups in total. The number of anilines is 1. The van der Waals surface area contributed by atoms with Crippen molar-refractivity contribution in [1.29, 1.82) is 0 Å². The molecule has 8 heteroatoms. The van der Waals surface area contributed by atoms with E-state index in [0.717, 1.165) is 5.69 Å². The highest BCUT2D eigenvalue weighted by Gasteiger charge is 2.35. The number of rotatable bonds is 3. The Morgan fingerprint density at radius 2 is 1.82 bits per heavy atom. The van der Waals surface area contributed by atoms with Crippen LogP contribution in [0.3, 0.4) is 0 Å². The predicted molar refractivity (Wildman–Crippen MR) is 107 cm³/mol. The van der Waals surface area contributed by atoms with E-state index in [2.05, 4.69) is 10.3 Å². The molecule has 0 aliphatic carbocycles. The van der Waals surface area contributed by atoms with E-state index in [1.807, 2.05) is 32.9 Å². The van der Waals surface area contributed by atoms with E-state index in [1.165, 1.54) is 0 Å². The fourth-order valence-electron chi connectivity index (χ4n) is 3.00. The minimum absolute atomic E-state index is 0.173. The van der Waals surface area contributed by atoms with Gasteiger partial charge in [-0.3, -0.25) is 10.2 Å². The number of aromatic nitrogens is 1. The molecule has 2 amide bonds. The van der Waals surface area contributed by atoms with Crippen molar-refractivity contribution in [2.24, 2.45) is 11.7 Å². The van der Waals surface area contributed by atoms with Crippen LogP contribution >= 0.6 is 0 Å². The Bertz CT molecular complexity index is 709. The van der Waals surface area contributed by atoms with Gasteiger partial charge in [0.25, 0.3) is 0 Å². The zero-order chi connectivity index (χ0) is 21.1. The Hall–Kier alpha value is -2.35. The zero-order valence-corrected chi connectivity index (χ0v) is 17.6. The lowest BCUT2D eigenvalue weighted by Crippen LogP contribution is -2.43. The third-order valence-electron chi connectivity index (χ3n) is 3.99. The monoisotopic (exact) mass is 392 g/mol. The number of ether oxygens (including phenoxy) is 2. The molecule has 1 aromatic rings. The molecule has 1 fully saturated rings. The van der Waals surface area contributed by atoms with Gasteiger partial charge in [0.05, 0.1) is 6.17 Å². The highest BCUT2D eigenvalue weighted by molar-refractivity contribution is 5.83. The Morgan fingerprint density at radius 1 is 1.18 bits per heavy atom. The van der Waals surface area contributed by atoms with Gasteiger partial charge in [-0.1, -0.05) is 6.07 Å². The van der Waals surface area contributed by atoms with Gasteiger partial charge in [-0.05, 0) is 72.4 Å². The van der Waals surface area contributed by atoms with Gasteiger partial charge in [0.1, 0.15) is 17.0 Å². The average Bonchev–Trinajstić information content (AvgIpc) is 2.84. The average molecular weight is 393 g/mol. The summed E-state index contributed by atoms with van der Waals surface area (Å²) in [6, 6.07) is 5.43. The maximum Gasteiger partial charge on any atom is 0.413 e. The maximum absolute atomic E-state index is 12.3. The lowest BCUT2D eigenvalue weighted by Gasteiger charge is -2.26. The van der Waals surface area contributed by atoms with Crippen LogP contribution in [0.4, 0.5) is 15.4 Å². The smallest absolute Gasteiger partial charge is 0.413 e. The first-order valence-electron chi connectivity index (χ1n) is 9.53. The number of carbonyl (C=O) groups is 2. The van der Waals surface area contributed by atoms with E-state index in [1.54, 1.807) is 31.7 Å². The summed E-state index contributed by atoms with van der Waals surface area (Å²) < 4.78 is 10.7. The van der Waals surface area contributed by atoms with Crippen LogP contribution in [0.25, 0.3) is 0 Å². The van der Waals surface area contributed by atoms with Crippen molar-refractivity contribution in [3.63, 3.8) is 0 Å². The van der Waals surface area contributed by atoms with E-state index in [0.29, 0.717) is 25.2 Å². The number of nitrogens with zero attached hydrogens (tertiary/aromatic N) is 2.